The molecule has 0 spiro atoms. The van der Waals surface area contributed by atoms with Crippen LogP contribution in [0.15, 0.2) is 0 Å². The smallest absolute Gasteiger partial charge is 0.0597 e. The second-order valence-corrected chi connectivity index (χ2v) is 5.33. The van der Waals surface area contributed by atoms with Gasteiger partial charge in [-0.25, -0.2) is 0 Å². The maximum absolute atomic E-state index is 9.35. The summed E-state index contributed by atoms with van der Waals surface area (Å²) in [7, 11) is 4.37. The van der Waals surface area contributed by atoms with Gasteiger partial charge in [-0.3, -0.25) is 0 Å². The fraction of sp³-hybridized carbons (Fsp3) is 1.00. The summed E-state index contributed by atoms with van der Waals surface area (Å²) in [4.78, 5) is 4.80. The molecule has 2 unspecified atom stereocenters. The zero-order chi connectivity index (χ0) is 12.7. The lowest BCUT2D eigenvalue weighted by molar-refractivity contribution is 0.112. The average Bonchev–Trinajstić information content (AvgIpc) is 2.34. The van der Waals surface area contributed by atoms with Gasteiger partial charge in [0.15, 0.2) is 0 Å². The predicted molar refractivity (Wildman–Crippen MR) is 72.3 cm³/mol. The van der Waals surface area contributed by atoms with E-state index in [9.17, 15) is 5.11 Å². The van der Waals surface area contributed by atoms with Crippen molar-refractivity contribution in [2.75, 3.05) is 46.9 Å². The molecular weight excluding hydrogens is 214 g/mol. The number of aliphatic hydroxyl groups excluding tert-OH is 1. The molecule has 0 aromatic heterocycles. The molecule has 2 atom stereocenters. The van der Waals surface area contributed by atoms with E-state index in [-0.39, 0.29) is 12.6 Å². The highest BCUT2D eigenvalue weighted by molar-refractivity contribution is 4.80. The molecule has 102 valence electrons. The number of likely N-dealkylation sites (N-methyl/N-ethyl adjacent to an activating group) is 2. The molecule has 0 aromatic carbocycles. The Hall–Kier alpha value is -0.160. The summed E-state index contributed by atoms with van der Waals surface area (Å²) in [5.74, 6) is 0. The lowest BCUT2D eigenvalue weighted by atomic mass is 10.0. The van der Waals surface area contributed by atoms with Gasteiger partial charge in [0.25, 0.3) is 0 Å². The van der Waals surface area contributed by atoms with Crippen molar-refractivity contribution < 1.29 is 5.11 Å². The zero-order valence-electron chi connectivity index (χ0n) is 11.7. The Morgan fingerprint density at radius 2 is 2.29 bits per heavy atom. The lowest BCUT2D eigenvalue weighted by Gasteiger charge is -2.37. The topological polar surface area (TPSA) is 38.7 Å². The van der Waals surface area contributed by atoms with Gasteiger partial charge in [-0.2, -0.15) is 0 Å². The van der Waals surface area contributed by atoms with Crippen LogP contribution in [0, 0.1) is 0 Å². The summed E-state index contributed by atoms with van der Waals surface area (Å²) >= 11 is 0. The van der Waals surface area contributed by atoms with Crippen molar-refractivity contribution >= 4 is 0 Å². The second kappa shape index (κ2) is 8.03. The highest BCUT2D eigenvalue weighted by Crippen LogP contribution is 2.13. The number of hydrogen-bond donors (Lipinski definition) is 2. The molecule has 0 aromatic rings. The van der Waals surface area contributed by atoms with Crippen LogP contribution in [0.2, 0.25) is 0 Å². The van der Waals surface area contributed by atoms with Crippen molar-refractivity contribution in [3.63, 3.8) is 0 Å². The van der Waals surface area contributed by atoms with Gasteiger partial charge in [0.05, 0.1) is 6.61 Å². The Kier molecular flexibility index (Phi) is 7.04. The quantitative estimate of drug-likeness (QED) is 0.678. The SMILES string of the molecule is CCCNC(CO)CN(C)C1CCCN(C)C1. The van der Waals surface area contributed by atoms with Crippen LogP contribution in [0.5, 0.6) is 0 Å². The molecule has 17 heavy (non-hydrogen) atoms. The minimum atomic E-state index is 0.215. The second-order valence-electron chi connectivity index (χ2n) is 5.33. The Balaban J connectivity index is 2.32. The van der Waals surface area contributed by atoms with Gasteiger partial charge in [0.1, 0.15) is 0 Å². The first-order chi connectivity index (χ1) is 8.17. The standard InChI is InChI=1S/C13H29N3O/c1-4-7-14-12(11-17)9-16(3)13-6-5-8-15(2)10-13/h12-14,17H,4-11H2,1-3H3. The van der Waals surface area contributed by atoms with E-state index in [0.29, 0.717) is 6.04 Å². The molecular formula is C13H29N3O. The maximum atomic E-state index is 9.35. The van der Waals surface area contributed by atoms with Crippen LogP contribution in [0.4, 0.5) is 0 Å². The average molecular weight is 243 g/mol. The third-order valence-corrected chi connectivity index (χ3v) is 3.63. The highest BCUT2D eigenvalue weighted by Gasteiger charge is 2.22. The van der Waals surface area contributed by atoms with Crippen LogP contribution >= 0.6 is 0 Å². The highest BCUT2D eigenvalue weighted by atomic mass is 16.3. The summed E-state index contributed by atoms with van der Waals surface area (Å²) in [5, 5.41) is 12.7. The normalized spacial score (nSPS) is 24.2. The van der Waals surface area contributed by atoms with E-state index in [4.69, 9.17) is 0 Å². The Bertz CT molecular complexity index is 201. The predicted octanol–water partition coefficient (Wildman–Crippen LogP) is 0.373. The molecule has 1 saturated heterocycles. The molecule has 0 radical (unpaired) electrons. The third-order valence-electron chi connectivity index (χ3n) is 3.63. The van der Waals surface area contributed by atoms with Gasteiger partial charge in [-0.15, -0.1) is 0 Å². The van der Waals surface area contributed by atoms with E-state index < -0.39 is 0 Å². The molecule has 1 aliphatic rings. The van der Waals surface area contributed by atoms with Crippen LogP contribution < -0.4 is 5.32 Å². The van der Waals surface area contributed by atoms with E-state index in [1.807, 2.05) is 0 Å². The Morgan fingerprint density at radius 1 is 1.53 bits per heavy atom. The summed E-state index contributed by atoms with van der Waals surface area (Å²) in [6, 6.07) is 0.860. The number of nitrogens with zero attached hydrogens (tertiary/aromatic N) is 2. The van der Waals surface area contributed by atoms with Gasteiger partial charge < -0.3 is 20.2 Å². The number of aliphatic hydroxyl groups is 1. The van der Waals surface area contributed by atoms with E-state index in [0.717, 1.165) is 26.1 Å². The summed E-state index contributed by atoms with van der Waals surface area (Å²) in [6.07, 6.45) is 3.69. The van der Waals surface area contributed by atoms with Crippen molar-refractivity contribution in [2.24, 2.45) is 0 Å². The van der Waals surface area contributed by atoms with Crippen molar-refractivity contribution in [3.8, 4) is 0 Å². The fourth-order valence-electron chi connectivity index (χ4n) is 2.53. The largest absolute Gasteiger partial charge is 0.395 e. The fourth-order valence-corrected chi connectivity index (χ4v) is 2.53. The zero-order valence-corrected chi connectivity index (χ0v) is 11.7. The van der Waals surface area contributed by atoms with E-state index in [1.54, 1.807) is 0 Å². The van der Waals surface area contributed by atoms with Crippen molar-refractivity contribution in [1.82, 2.24) is 15.1 Å². The molecule has 4 heteroatoms. The molecule has 1 fully saturated rings. The molecule has 0 amide bonds. The van der Waals surface area contributed by atoms with Crippen LogP contribution in [-0.4, -0.2) is 73.9 Å². The van der Waals surface area contributed by atoms with E-state index >= 15 is 0 Å². The van der Waals surface area contributed by atoms with Gasteiger partial charge in [-0.05, 0) is 46.4 Å². The van der Waals surface area contributed by atoms with Gasteiger partial charge in [0.2, 0.25) is 0 Å². The van der Waals surface area contributed by atoms with Gasteiger partial charge in [-0.1, -0.05) is 6.92 Å². The first-order valence-corrected chi connectivity index (χ1v) is 6.90. The third kappa shape index (κ3) is 5.34. The summed E-state index contributed by atoms with van der Waals surface area (Å²) in [6.45, 7) is 6.69. The van der Waals surface area contributed by atoms with E-state index in [2.05, 4.69) is 36.1 Å². The Labute approximate surface area is 106 Å². The molecule has 4 nitrogen and oxygen atoms in total. The molecule has 0 saturated carbocycles. The number of hydrogen-bond acceptors (Lipinski definition) is 4. The van der Waals surface area contributed by atoms with Crippen LogP contribution in [0.25, 0.3) is 0 Å². The molecule has 0 bridgehead atoms. The van der Waals surface area contributed by atoms with Crippen LogP contribution in [-0.2, 0) is 0 Å². The first-order valence-electron chi connectivity index (χ1n) is 6.90. The number of likely N-dealkylation sites (tertiary alicyclic amines) is 1. The number of nitrogens with one attached hydrogen (secondary N) is 1. The lowest BCUT2D eigenvalue weighted by Crippen LogP contribution is -2.50. The molecule has 1 rings (SSSR count). The molecule has 1 heterocycles. The van der Waals surface area contributed by atoms with Crippen molar-refractivity contribution in [2.45, 2.75) is 38.3 Å². The Morgan fingerprint density at radius 3 is 2.88 bits per heavy atom. The van der Waals surface area contributed by atoms with Crippen molar-refractivity contribution in [3.05, 3.63) is 0 Å². The first kappa shape index (κ1) is 14.9. The maximum Gasteiger partial charge on any atom is 0.0597 e. The molecule has 2 N–H and O–H groups in total. The minimum Gasteiger partial charge on any atom is -0.395 e. The van der Waals surface area contributed by atoms with Gasteiger partial charge >= 0.3 is 0 Å². The van der Waals surface area contributed by atoms with Crippen LogP contribution in [0.1, 0.15) is 26.2 Å². The van der Waals surface area contributed by atoms with Crippen molar-refractivity contribution in [1.29, 1.82) is 0 Å². The number of piperidine rings is 1. The molecule has 1 aliphatic heterocycles. The minimum absolute atomic E-state index is 0.215. The van der Waals surface area contributed by atoms with Gasteiger partial charge in [0, 0.05) is 25.2 Å². The monoisotopic (exact) mass is 243 g/mol. The number of rotatable bonds is 7. The summed E-state index contributed by atoms with van der Waals surface area (Å²) < 4.78 is 0. The molecule has 0 aliphatic carbocycles. The summed E-state index contributed by atoms with van der Waals surface area (Å²) in [5.41, 5.74) is 0. The van der Waals surface area contributed by atoms with E-state index in [1.165, 1.54) is 19.4 Å². The van der Waals surface area contributed by atoms with Crippen LogP contribution in [0.3, 0.4) is 0 Å².